The molecule has 1 saturated carbocycles. The van der Waals surface area contributed by atoms with Crippen LogP contribution in [0.3, 0.4) is 0 Å². The Labute approximate surface area is 167 Å². The van der Waals surface area contributed by atoms with Crippen molar-refractivity contribution in [3.05, 3.63) is 35.5 Å². The van der Waals surface area contributed by atoms with Crippen molar-refractivity contribution in [3.63, 3.8) is 0 Å². The van der Waals surface area contributed by atoms with Gasteiger partial charge in [0.25, 0.3) is 0 Å². The van der Waals surface area contributed by atoms with Crippen molar-refractivity contribution in [3.8, 4) is 11.3 Å². The highest BCUT2D eigenvalue weighted by Crippen LogP contribution is 2.45. The Morgan fingerprint density at radius 2 is 2.03 bits per heavy atom. The summed E-state index contributed by atoms with van der Waals surface area (Å²) in [5.41, 5.74) is 2.64. The van der Waals surface area contributed by atoms with Gasteiger partial charge in [-0.2, -0.15) is 0 Å². The van der Waals surface area contributed by atoms with Gasteiger partial charge in [0.05, 0.1) is 24.9 Å². The minimum Gasteiger partial charge on any atom is -0.389 e. The molecule has 2 N–H and O–H groups in total. The molecule has 0 spiro atoms. The van der Waals surface area contributed by atoms with E-state index in [1.165, 1.54) is 6.07 Å². The van der Waals surface area contributed by atoms with Gasteiger partial charge in [-0.3, -0.25) is 4.99 Å². The zero-order valence-electron chi connectivity index (χ0n) is 15.9. The molecule has 29 heavy (non-hydrogen) atoms. The van der Waals surface area contributed by atoms with Crippen LogP contribution in [-0.2, 0) is 4.74 Å². The molecule has 3 heterocycles. The van der Waals surface area contributed by atoms with Crippen LogP contribution in [0, 0.1) is 11.6 Å². The summed E-state index contributed by atoms with van der Waals surface area (Å²) in [6.07, 6.45) is 4.95. The molecule has 1 aromatic carbocycles. The van der Waals surface area contributed by atoms with Crippen molar-refractivity contribution in [1.29, 1.82) is 0 Å². The third-order valence-corrected chi connectivity index (χ3v) is 5.96. The molecule has 2 aliphatic heterocycles. The molecule has 3 atom stereocenters. The Kier molecular flexibility index (Phi) is 4.75. The number of aliphatic imine (C=N–C) groups is 1. The van der Waals surface area contributed by atoms with Crippen LogP contribution in [0.2, 0.25) is 0 Å². The molecule has 2 aromatic rings. The number of aliphatic hydroxyl groups excluding tert-OH is 1. The van der Waals surface area contributed by atoms with E-state index in [0.29, 0.717) is 24.3 Å². The maximum Gasteiger partial charge on any atom is 0.223 e. The SMILES string of the molecule is O[C@@H]1COCC[C@H]1Nc1ncc(F)c(-c2cc(F)c3c(c2)C2CCCCC2=N3)n1. The van der Waals surface area contributed by atoms with Crippen LogP contribution in [0.1, 0.15) is 43.6 Å². The van der Waals surface area contributed by atoms with Gasteiger partial charge in [0.2, 0.25) is 5.95 Å². The number of nitrogens with zero attached hydrogens (tertiary/aromatic N) is 3. The number of aliphatic hydroxyl groups is 1. The molecule has 0 amide bonds. The van der Waals surface area contributed by atoms with Crippen LogP contribution in [0.4, 0.5) is 20.4 Å². The summed E-state index contributed by atoms with van der Waals surface area (Å²) in [5.74, 6) is -0.757. The molecule has 1 aromatic heterocycles. The van der Waals surface area contributed by atoms with Gasteiger partial charge in [0.1, 0.15) is 17.2 Å². The molecule has 1 saturated heterocycles. The number of hydrogen-bond acceptors (Lipinski definition) is 6. The van der Waals surface area contributed by atoms with E-state index in [1.807, 2.05) is 6.07 Å². The number of nitrogens with one attached hydrogen (secondary N) is 1. The first kappa shape index (κ1) is 18.6. The predicted molar refractivity (Wildman–Crippen MR) is 105 cm³/mol. The third-order valence-electron chi connectivity index (χ3n) is 5.96. The second-order valence-electron chi connectivity index (χ2n) is 7.87. The normalized spacial score (nSPS) is 25.9. The largest absolute Gasteiger partial charge is 0.389 e. The fourth-order valence-electron chi connectivity index (χ4n) is 4.44. The smallest absolute Gasteiger partial charge is 0.223 e. The van der Waals surface area contributed by atoms with Crippen LogP contribution >= 0.6 is 0 Å². The highest BCUT2D eigenvalue weighted by Gasteiger charge is 2.32. The Morgan fingerprint density at radius 3 is 2.90 bits per heavy atom. The van der Waals surface area contributed by atoms with Gasteiger partial charge in [-0.1, -0.05) is 6.42 Å². The molecule has 8 heteroatoms. The van der Waals surface area contributed by atoms with Crippen molar-refractivity contribution in [1.82, 2.24) is 9.97 Å². The monoisotopic (exact) mass is 400 g/mol. The van der Waals surface area contributed by atoms with Crippen molar-refractivity contribution in [2.24, 2.45) is 4.99 Å². The summed E-state index contributed by atoms with van der Waals surface area (Å²) in [5, 5.41) is 13.1. The van der Waals surface area contributed by atoms with Crippen LogP contribution in [-0.4, -0.2) is 46.1 Å². The maximum atomic E-state index is 14.8. The standard InChI is InChI=1S/C21H22F2N4O2/c22-14-8-11(7-13-12-3-1-2-4-16(12)25-20(13)14)19-15(23)9-24-21(27-19)26-17-5-6-29-10-18(17)28/h7-9,12,17-18,28H,1-6,10H2,(H,24,26,27)/t12?,17-,18-/m1/s1. The van der Waals surface area contributed by atoms with E-state index >= 15 is 0 Å². The van der Waals surface area contributed by atoms with Gasteiger partial charge in [-0.15, -0.1) is 0 Å². The van der Waals surface area contributed by atoms with Crippen LogP contribution < -0.4 is 5.32 Å². The lowest BCUT2D eigenvalue weighted by Crippen LogP contribution is -2.42. The number of anilines is 1. The molecule has 6 nitrogen and oxygen atoms in total. The highest BCUT2D eigenvalue weighted by molar-refractivity contribution is 5.99. The molecule has 1 aliphatic carbocycles. The quantitative estimate of drug-likeness (QED) is 0.821. The number of ether oxygens (including phenoxy) is 1. The summed E-state index contributed by atoms with van der Waals surface area (Å²) in [4.78, 5) is 12.8. The number of aromatic nitrogens is 2. The van der Waals surface area contributed by atoms with Crippen LogP contribution in [0.5, 0.6) is 0 Å². The van der Waals surface area contributed by atoms with Gasteiger partial charge in [0.15, 0.2) is 5.82 Å². The van der Waals surface area contributed by atoms with Crippen LogP contribution in [0.15, 0.2) is 23.3 Å². The zero-order chi connectivity index (χ0) is 20.0. The number of halogens is 2. The molecule has 3 aliphatic rings. The number of fused-ring (bicyclic) bond motifs is 3. The first-order valence-corrected chi connectivity index (χ1v) is 10.1. The molecule has 152 valence electrons. The predicted octanol–water partition coefficient (Wildman–Crippen LogP) is 3.73. The third kappa shape index (κ3) is 3.40. The average Bonchev–Trinajstić information content (AvgIpc) is 3.10. The van der Waals surface area contributed by atoms with E-state index in [-0.39, 0.29) is 30.2 Å². The Morgan fingerprint density at radius 1 is 1.14 bits per heavy atom. The van der Waals surface area contributed by atoms with Crippen LogP contribution in [0.25, 0.3) is 11.3 Å². The lowest BCUT2D eigenvalue weighted by Gasteiger charge is -2.28. The van der Waals surface area contributed by atoms with Gasteiger partial charge in [-0.05, 0) is 43.4 Å². The van der Waals surface area contributed by atoms with E-state index in [4.69, 9.17) is 4.74 Å². The van der Waals surface area contributed by atoms with E-state index in [9.17, 15) is 13.9 Å². The van der Waals surface area contributed by atoms with Crippen molar-refractivity contribution in [2.75, 3.05) is 18.5 Å². The lowest BCUT2D eigenvalue weighted by atomic mass is 9.83. The van der Waals surface area contributed by atoms with E-state index < -0.39 is 17.7 Å². The number of benzene rings is 1. The highest BCUT2D eigenvalue weighted by atomic mass is 19.1. The van der Waals surface area contributed by atoms with E-state index in [0.717, 1.165) is 43.2 Å². The van der Waals surface area contributed by atoms with Crippen molar-refractivity contribution < 1.29 is 18.6 Å². The molecule has 0 radical (unpaired) electrons. The first-order chi connectivity index (χ1) is 14.1. The molecular weight excluding hydrogens is 378 g/mol. The number of rotatable bonds is 3. The minimum atomic E-state index is -0.694. The Bertz CT molecular complexity index is 981. The van der Waals surface area contributed by atoms with Crippen molar-refractivity contribution >= 4 is 17.3 Å². The lowest BCUT2D eigenvalue weighted by molar-refractivity contribution is -0.0136. The number of hydrogen-bond donors (Lipinski definition) is 2. The van der Waals surface area contributed by atoms with E-state index in [2.05, 4.69) is 20.3 Å². The van der Waals surface area contributed by atoms with E-state index in [1.54, 1.807) is 0 Å². The molecule has 1 unspecified atom stereocenters. The fourth-order valence-corrected chi connectivity index (χ4v) is 4.44. The minimum absolute atomic E-state index is 0.0370. The van der Waals surface area contributed by atoms with Gasteiger partial charge in [-0.25, -0.2) is 18.7 Å². The summed E-state index contributed by atoms with van der Waals surface area (Å²) in [7, 11) is 0. The summed E-state index contributed by atoms with van der Waals surface area (Å²) in [6.45, 7) is 0.744. The molecule has 0 bridgehead atoms. The van der Waals surface area contributed by atoms with Gasteiger partial charge < -0.3 is 15.2 Å². The Balaban J connectivity index is 1.48. The summed E-state index contributed by atoms with van der Waals surface area (Å²) in [6, 6.07) is 2.82. The summed E-state index contributed by atoms with van der Waals surface area (Å²) >= 11 is 0. The fraction of sp³-hybridized carbons (Fsp3) is 0.476. The first-order valence-electron chi connectivity index (χ1n) is 10.1. The molecule has 2 fully saturated rings. The van der Waals surface area contributed by atoms with Gasteiger partial charge >= 0.3 is 0 Å². The zero-order valence-corrected chi connectivity index (χ0v) is 15.9. The average molecular weight is 400 g/mol. The summed E-state index contributed by atoms with van der Waals surface area (Å²) < 4.78 is 34.6. The Hall–Kier alpha value is -2.45. The second-order valence-corrected chi connectivity index (χ2v) is 7.87. The maximum absolute atomic E-state index is 14.8. The second kappa shape index (κ2) is 7.42. The molecular formula is C21H22F2N4O2. The van der Waals surface area contributed by atoms with Crippen molar-refractivity contribution in [2.45, 2.75) is 50.2 Å². The van der Waals surface area contributed by atoms with Gasteiger partial charge in [0, 0.05) is 23.8 Å². The topological polar surface area (TPSA) is 79.6 Å². The molecule has 5 rings (SSSR count).